The van der Waals surface area contributed by atoms with Crippen molar-refractivity contribution in [2.45, 2.75) is 0 Å². The Morgan fingerprint density at radius 2 is 1.16 bits per heavy atom. The average Bonchev–Trinajstić information content (AvgIpc) is 2.97. The summed E-state index contributed by atoms with van der Waals surface area (Å²) >= 11 is 11.7. The van der Waals surface area contributed by atoms with E-state index < -0.39 is 0 Å². The van der Waals surface area contributed by atoms with Gasteiger partial charge in [0.1, 0.15) is 11.7 Å². The van der Waals surface area contributed by atoms with Crippen molar-refractivity contribution in [3.63, 3.8) is 0 Å². The highest BCUT2D eigenvalue weighted by Crippen LogP contribution is 2.22. The number of nitrogens with one attached hydrogen (secondary N) is 1. The number of pyridine rings is 2. The number of rotatable bonds is 2. The normalized spacial score (nSPS) is 16.1. The second-order valence-electron chi connectivity index (χ2n) is 5.26. The quantitative estimate of drug-likeness (QED) is 0.722. The molecule has 3 aromatic rings. The second kappa shape index (κ2) is 6.63. The molecule has 0 saturated carbocycles. The fourth-order valence-corrected chi connectivity index (χ4v) is 2.64. The number of nitrogens with zero attached hydrogens (tertiary/aromatic N) is 4. The van der Waals surface area contributed by atoms with Crippen LogP contribution in [0.1, 0.15) is 11.1 Å². The minimum absolute atomic E-state index is 0.563. The number of aromatic nitrogens is 2. The van der Waals surface area contributed by atoms with Crippen LogP contribution in [0.25, 0.3) is 0 Å². The Morgan fingerprint density at radius 1 is 0.680 bits per heavy atom. The van der Waals surface area contributed by atoms with E-state index in [4.69, 9.17) is 23.2 Å². The maximum absolute atomic E-state index is 5.87. The molecule has 1 aromatic carbocycles. The van der Waals surface area contributed by atoms with E-state index in [2.05, 4.69) is 25.3 Å². The SMILES string of the molecule is Clc1ccc(N=C2NC(=Nc3ccc(Cl)cn3)c3ccccc32)nc1. The predicted molar refractivity (Wildman–Crippen MR) is 100 cm³/mol. The molecule has 0 radical (unpaired) electrons. The monoisotopic (exact) mass is 367 g/mol. The van der Waals surface area contributed by atoms with E-state index >= 15 is 0 Å². The highest BCUT2D eigenvalue weighted by molar-refractivity contribution is 6.30. The summed E-state index contributed by atoms with van der Waals surface area (Å²) in [6, 6.07) is 14.9. The third kappa shape index (κ3) is 3.38. The second-order valence-corrected chi connectivity index (χ2v) is 6.13. The molecule has 0 bridgehead atoms. The van der Waals surface area contributed by atoms with Gasteiger partial charge in [0.25, 0.3) is 0 Å². The van der Waals surface area contributed by atoms with Gasteiger partial charge >= 0.3 is 0 Å². The van der Waals surface area contributed by atoms with Crippen molar-refractivity contribution in [1.29, 1.82) is 0 Å². The summed E-state index contributed by atoms with van der Waals surface area (Å²) in [7, 11) is 0. The van der Waals surface area contributed by atoms with Crippen LogP contribution in [0.4, 0.5) is 11.6 Å². The first-order chi connectivity index (χ1) is 12.2. The highest BCUT2D eigenvalue weighted by Gasteiger charge is 2.23. The fraction of sp³-hybridized carbons (Fsp3) is 0. The Balaban J connectivity index is 1.75. The van der Waals surface area contributed by atoms with Crippen LogP contribution in [-0.2, 0) is 0 Å². The van der Waals surface area contributed by atoms with Crippen LogP contribution in [-0.4, -0.2) is 21.6 Å². The fourth-order valence-electron chi connectivity index (χ4n) is 2.42. The van der Waals surface area contributed by atoms with Gasteiger partial charge in [-0.25, -0.2) is 20.0 Å². The molecule has 3 heterocycles. The largest absolute Gasteiger partial charge is 0.324 e. The van der Waals surface area contributed by atoms with Crippen molar-refractivity contribution in [3.05, 3.63) is 82.1 Å². The smallest absolute Gasteiger partial charge is 0.154 e. The minimum atomic E-state index is 0.563. The van der Waals surface area contributed by atoms with E-state index in [1.54, 1.807) is 36.7 Å². The Bertz CT molecular complexity index is 899. The molecule has 1 aliphatic rings. The summed E-state index contributed by atoms with van der Waals surface area (Å²) in [4.78, 5) is 17.5. The van der Waals surface area contributed by atoms with Crippen LogP contribution in [0.15, 0.2) is 70.9 Å². The van der Waals surface area contributed by atoms with Crippen molar-refractivity contribution in [3.8, 4) is 0 Å². The third-order valence-corrected chi connectivity index (χ3v) is 4.00. The molecule has 5 nitrogen and oxygen atoms in total. The van der Waals surface area contributed by atoms with Gasteiger partial charge in [0, 0.05) is 23.5 Å². The van der Waals surface area contributed by atoms with Crippen LogP contribution in [0.2, 0.25) is 10.0 Å². The lowest BCUT2D eigenvalue weighted by molar-refractivity contribution is 1.23. The number of fused-ring (bicyclic) bond motifs is 1. The summed E-state index contributed by atoms with van der Waals surface area (Å²) in [6.45, 7) is 0. The van der Waals surface area contributed by atoms with E-state index in [1.165, 1.54) is 0 Å². The van der Waals surface area contributed by atoms with Crippen LogP contribution in [0.3, 0.4) is 0 Å². The first-order valence-electron chi connectivity index (χ1n) is 7.46. The Hall–Kier alpha value is -2.76. The molecular formula is C18H11Cl2N5. The van der Waals surface area contributed by atoms with E-state index in [1.807, 2.05) is 24.3 Å². The molecular weight excluding hydrogens is 357 g/mol. The molecule has 2 aromatic heterocycles. The third-order valence-electron chi connectivity index (χ3n) is 3.55. The van der Waals surface area contributed by atoms with Crippen molar-refractivity contribution in [1.82, 2.24) is 15.3 Å². The molecule has 0 spiro atoms. The van der Waals surface area contributed by atoms with Crippen LogP contribution >= 0.6 is 23.2 Å². The van der Waals surface area contributed by atoms with Gasteiger partial charge in [-0.2, -0.15) is 0 Å². The number of halogens is 2. The molecule has 4 rings (SSSR count). The number of benzene rings is 1. The summed E-state index contributed by atoms with van der Waals surface area (Å²) < 4.78 is 0. The van der Waals surface area contributed by atoms with Gasteiger partial charge in [-0.3, -0.25) is 0 Å². The minimum Gasteiger partial charge on any atom is -0.324 e. The highest BCUT2D eigenvalue weighted by atomic mass is 35.5. The predicted octanol–water partition coefficient (Wildman–Crippen LogP) is 4.54. The van der Waals surface area contributed by atoms with E-state index in [-0.39, 0.29) is 0 Å². The van der Waals surface area contributed by atoms with Crippen LogP contribution in [0.5, 0.6) is 0 Å². The molecule has 25 heavy (non-hydrogen) atoms. The molecule has 122 valence electrons. The van der Waals surface area contributed by atoms with Crippen molar-refractivity contribution in [2.75, 3.05) is 0 Å². The number of amidine groups is 2. The number of hydrogen-bond acceptors (Lipinski definition) is 4. The van der Waals surface area contributed by atoms with Crippen LogP contribution < -0.4 is 5.32 Å². The van der Waals surface area contributed by atoms with Crippen molar-refractivity contribution in [2.24, 2.45) is 9.98 Å². The van der Waals surface area contributed by atoms with Crippen molar-refractivity contribution < 1.29 is 0 Å². The molecule has 1 aliphatic heterocycles. The van der Waals surface area contributed by atoms with E-state index in [0.29, 0.717) is 33.4 Å². The van der Waals surface area contributed by atoms with Crippen molar-refractivity contribution >= 4 is 46.5 Å². The van der Waals surface area contributed by atoms with E-state index in [0.717, 1.165) is 11.1 Å². The van der Waals surface area contributed by atoms with Gasteiger partial charge in [0.15, 0.2) is 11.6 Å². The lowest BCUT2D eigenvalue weighted by Gasteiger charge is -2.00. The molecule has 0 unspecified atom stereocenters. The Labute approximate surface area is 154 Å². The average molecular weight is 368 g/mol. The molecule has 7 heteroatoms. The molecule has 0 fully saturated rings. The Morgan fingerprint density at radius 3 is 1.56 bits per heavy atom. The van der Waals surface area contributed by atoms with Gasteiger partial charge in [-0.1, -0.05) is 47.5 Å². The zero-order valence-corrected chi connectivity index (χ0v) is 14.3. The molecule has 1 N–H and O–H groups in total. The van der Waals surface area contributed by atoms with Gasteiger partial charge < -0.3 is 5.32 Å². The maximum Gasteiger partial charge on any atom is 0.154 e. The topological polar surface area (TPSA) is 62.5 Å². The van der Waals surface area contributed by atoms with Gasteiger partial charge in [-0.15, -0.1) is 0 Å². The lowest BCUT2D eigenvalue weighted by atomic mass is 10.1. The molecule has 0 saturated heterocycles. The molecule has 0 aliphatic carbocycles. The summed E-state index contributed by atoms with van der Waals surface area (Å²) in [5, 5.41) is 4.38. The zero-order chi connectivity index (χ0) is 17.2. The molecule has 0 amide bonds. The maximum atomic E-state index is 5.87. The van der Waals surface area contributed by atoms with E-state index in [9.17, 15) is 0 Å². The molecule has 0 atom stereocenters. The standard InChI is InChI=1S/C18H11Cl2N5/c19-11-5-7-15(21-9-11)23-17-13-3-1-2-4-14(13)18(25-17)24-16-8-6-12(20)10-22-16/h1-10H,(H,21,22,23,24,25). The summed E-state index contributed by atoms with van der Waals surface area (Å²) in [5.74, 6) is 2.48. The summed E-state index contributed by atoms with van der Waals surface area (Å²) in [5.41, 5.74) is 1.90. The first kappa shape index (κ1) is 15.7. The first-order valence-corrected chi connectivity index (χ1v) is 8.22. The summed E-state index contributed by atoms with van der Waals surface area (Å²) in [6.07, 6.45) is 3.13. The van der Waals surface area contributed by atoms with Gasteiger partial charge in [0.2, 0.25) is 0 Å². The lowest BCUT2D eigenvalue weighted by Crippen LogP contribution is -2.22. The number of aliphatic imine (C=N–C) groups is 2. The number of hydrogen-bond donors (Lipinski definition) is 1. The van der Waals surface area contributed by atoms with Gasteiger partial charge in [-0.05, 0) is 24.3 Å². The van der Waals surface area contributed by atoms with Gasteiger partial charge in [0.05, 0.1) is 10.0 Å². The van der Waals surface area contributed by atoms with Crippen LogP contribution in [0, 0.1) is 0 Å². The zero-order valence-electron chi connectivity index (χ0n) is 12.8. The Kier molecular flexibility index (Phi) is 4.17.